The molecule has 0 unspecified atom stereocenters. The molecule has 0 bridgehead atoms. The van der Waals surface area contributed by atoms with E-state index in [0.29, 0.717) is 54.1 Å². The average Bonchev–Trinajstić information content (AvgIpc) is 3.95. The molecule has 75 heavy (non-hydrogen) atoms. The highest BCUT2D eigenvalue weighted by molar-refractivity contribution is 6.13. The van der Waals surface area contributed by atoms with E-state index in [1.807, 2.05) is 24.3 Å². The van der Waals surface area contributed by atoms with E-state index >= 15 is 0 Å². The van der Waals surface area contributed by atoms with Crippen LogP contribution in [-0.4, -0.2) is 79.8 Å². The van der Waals surface area contributed by atoms with Crippen LogP contribution in [0.3, 0.4) is 0 Å². The summed E-state index contributed by atoms with van der Waals surface area (Å²) in [4.78, 5) is 13.7. The molecule has 0 aliphatic rings. The number of para-hydroxylation sites is 2. The molecule has 0 radical (unpaired) electrons. The van der Waals surface area contributed by atoms with E-state index in [1.165, 1.54) is 21.9 Å². The maximum Gasteiger partial charge on any atom is 0.203 e. The molecule has 0 fully saturated rings. The fourth-order valence-electron chi connectivity index (χ4n) is 10.9. The van der Waals surface area contributed by atoms with Crippen molar-refractivity contribution in [1.82, 2.24) is 24.0 Å². The number of hydrogen-bond donors (Lipinski definition) is 1. The average molecular weight is 1000 g/mol. The number of aromatic nitrogens is 4. The highest BCUT2D eigenvalue weighted by Crippen LogP contribution is 2.46. The maximum absolute atomic E-state index is 6.32. The normalized spacial score (nSPS) is 11.6. The zero-order valence-electron chi connectivity index (χ0n) is 43.9. The smallest absolute Gasteiger partial charge is 0.203 e. The van der Waals surface area contributed by atoms with Crippen LogP contribution < -0.4 is 34.2 Å². The van der Waals surface area contributed by atoms with E-state index in [4.69, 9.17) is 44.1 Å². The SMILES string of the molecule is COc1cc(-c2nc(CN(CCCN)Cc3cc4c5ccccc5n(CCCc5ccccc5)c4c(-c4cc(OC)c(OC)c(OC)c4)n3)cc3c4ccccc4n(CCCc4ccccc4)c23)cc(OC)c1OC. The van der Waals surface area contributed by atoms with Crippen LogP contribution in [-0.2, 0) is 39.0 Å². The van der Waals surface area contributed by atoms with Crippen LogP contribution in [0.2, 0.25) is 0 Å². The number of pyridine rings is 2. The Morgan fingerprint density at radius 3 is 1.20 bits per heavy atom. The Hall–Kier alpha value is -8.06. The van der Waals surface area contributed by atoms with E-state index in [-0.39, 0.29) is 0 Å². The molecule has 0 spiro atoms. The third kappa shape index (κ3) is 10.3. The van der Waals surface area contributed by atoms with Crippen LogP contribution in [0.1, 0.15) is 41.8 Å². The summed E-state index contributed by atoms with van der Waals surface area (Å²) in [5.41, 5.74) is 18.6. The first-order chi connectivity index (χ1) is 36.9. The van der Waals surface area contributed by atoms with Gasteiger partial charge in [0.1, 0.15) is 0 Å². The molecular weight excluding hydrogens is 937 g/mol. The molecule has 4 heterocycles. The van der Waals surface area contributed by atoms with E-state index in [0.717, 1.165) is 118 Å². The molecule has 0 atom stereocenters. The van der Waals surface area contributed by atoms with Crippen LogP contribution >= 0.6 is 0 Å². The van der Waals surface area contributed by atoms with Crippen molar-refractivity contribution in [3.63, 3.8) is 0 Å². The molecule has 0 saturated heterocycles. The van der Waals surface area contributed by atoms with Gasteiger partial charge in [-0.25, -0.2) is 9.97 Å². The fourth-order valence-corrected chi connectivity index (χ4v) is 10.9. The molecule has 0 saturated carbocycles. The van der Waals surface area contributed by atoms with Crippen molar-refractivity contribution in [2.75, 3.05) is 55.7 Å². The topological polar surface area (TPSA) is 120 Å². The number of nitrogens with zero attached hydrogens (tertiary/aromatic N) is 5. The lowest BCUT2D eigenvalue weighted by Gasteiger charge is -2.23. The molecule has 0 aliphatic carbocycles. The van der Waals surface area contributed by atoms with Gasteiger partial charge in [0, 0.05) is 76.4 Å². The minimum atomic E-state index is 0.526. The van der Waals surface area contributed by atoms with Gasteiger partial charge in [-0.05, 0) is 98.3 Å². The van der Waals surface area contributed by atoms with Crippen LogP contribution in [0.25, 0.3) is 66.1 Å². The van der Waals surface area contributed by atoms with Gasteiger partial charge in [0.2, 0.25) is 11.5 Å². The fraction of sp³-hybridized carbons (Fsp3) is 0.270. The van der Waals surface area contributed by atoms with Crippen LogP contribution in [0.5, 0.6) is 34.5 Å². The molecule has 2 N–H and O–H groups in total. The molecule has 384 valence electrons. The second-order valence-electron chi connectivity index (χ2n) is 18.9. The van der Waals surface area contributed by atoms with Gasteiger partial charge in [0.05, 0.1) is 76.5 Å². The first-order valence-electron chi connectivity index (χ1n) is 25.8. The summed E-state index contributed by atoms with van der Waals surface area (Å²) in [6.07, 6.45) is 4.58. The number of hydrogen-bond acceptors (Lipinski definition) is 10. The zero-order valence-corrected chi connectivity index (χ0v) is 43.9. The van der Waals surface area contributed by atoms with Gasteiger partial charge in [-0.1, -0.05) is 97.1 Å². The van der Waals surface area contributed by atoms with Crippen molar-refractivity contribution in [1.29, 1.82) is 0 Å². The Labute approximate surface area is 439 Å². The monoisotopic (exact) mass is 1000 g/mol. The van der Waals surface area contributed by atoms with E-state index in [9.17, 15) is 0 Å². The largest absolute Gasteiger partial charge is 0.493 e. The zero-order chi connectivity index (χ0) is 51.8. The van der Waals surface area contributed by atoms with Gasteiger partial charge in [0.25, 0.3) is 0 Å². The third-order valence-electron chi connectivity index (χ3n) is 14.3. The second kappa shape index (κ2) is 23.0. The van der Waals surface area contributed by atoms with Crippen LogP contribution in [0.4, 0.5) is 0 Å². The summed E-state index contributed by atoms with van der Waals surface area (Å²) in [6.45, 7) is 3.91. The number of fused-ring (bicyclic) bond motifs is 6. The van der Waals surface area contributed by atoms with E-state index < -0.39 is 0 Å². The van der Waals surface area contributed by atoms with Gasteiger partial charge in [0.15, 0.2) is 23.0 Å². The lowest BCUT2D eigenvalue weighted by atomic mass is 10.0. The lowest BCUT2D eigenvalue weighted by Crippen LogP contribution is -2.26. The molecule has 4 aromatic heterocycles. The highest BCUT2D eigenvalue weighted by atomic mass is 16.5. The lowest BCUT2D eigenvalue weighted by molar-refractivity contribution is 0.249. The second-order valence-corrected chi connectivity index (χ2v) is 18.9. The summed E-state index contributed by atoms with van der Waals surface area (Å²) < 4.78 is 40.3. The summed E-state index contributed by atoms with van der Waals surface area (Å²) >= 11 is 0. The van der Waals surface area contributed by atoms with Crippen molar-refractivity contribution in [3.05, 3.63) is 168 Å². The van der Waals surface area contributed by atoms with Crippen LogP contribution in [0.15, 0.2) is 146 Å². The predicted molar refractivity (Wildman–Crippen MR) is 302 cm³/mol. The number of benzene rings is 6. The first kappa shape index (κ1) is 50.5. The van der Waals surface area contributed by atoms with Gasteiger partial charge >= 0.3 is 0 Å². The van der Waals surface area contributed by atoms with Crippen molar-refractivity contribution < 1.29 is 28.4 Å². The minimum absolute atomic E-state index is 0.526. The Morgan fingerprint density at radius 1 is 0.440 bits per heavy atom. The van der Waals surface area contributed by atoms with Crippen molar-refractivity contribution in [2.45, 2.75) is 58.3 Å². The number of ether oxygens (including phenoxy) is 6. The molecule has 10 rings (SSSR count). The maximum atomic E-state index is 6.32. The number of rotatable bonds is 23. The standard InChI is InChI=1S/C63H66N6O6/c1-70-54-34-44(35-55(71-2)62(54)74-5)58-60-50(48-26-13-15-28-52(48)68(60)32-17-24-42-20-9-7-10-21-42)38-46(65-58)40-67(31-19-30-64)41-47-39-51-49-27-14-16-29-53(49)69(33-18-25-43-22-11-8-12-23-43)61(51)59(66-47)45-36-56(72-3)63(75-6)57(37-45)73-4/h7-16,20-23,26-29,34-39H,17-19,24-25,30-33,40-41,64H2,1-6H3. The van der Waals surface area contributed by atoms with Crippen molar-refractivity contribution in [3.8, 4) is 57.0 Å². The molecular formula is C63H66N6O6. The number of aryl methyl sites for hydroxylation is 4. The Morgan fingerprint density at radius 2 is 0.827 bits per heavy atom. The Bertz CT molecular complexity index is 3310. The highest BCUT2D eigenvalue weighted by Gasteiger charge is 2.25. The summed E-state index contributed by atoms with van der Waals surface area (Å²) in [5, 5.41) is 4.59. The van der Waals surface area contributed by atoms with Crippen molar-refractivity contribution in [2.24, 2.45) is 5.73 Å². The predicted octanol–water partition coefficient (Wildman–Crippen LogP) is 12.7. The number of methoxy groups -OCH3 is 6. The Balaban J connectivity index is 1.12. The minimum Gasteiger partial charge on any atom is -0.493 e. The first-order valence-corrected chi connectivity index (χ1v) is 25.8. The molecule has 0 amide bonds. The van der Waals surface area contributed by atoms with Crippen molar-refractivity contribution >= 4 is 43.6 Å². The van der Waals surface area contributed by atoms with Gasteiger partial charge in [-0.15, -0.1) is 0 Å². The van der Waals surface area contributed by atoms with E-state index in [2.05, 4.69) is 135 Å². The molecule has 12 nitrogen and oxygen atoms in total. The number of nitrogens with two attached hydrogens (primary N) is 1. The van der Waals surface area contributed by atoms with Gasteiger partial charge < -0.3 is 43.3 Å². The summed E-state index contributed by atoms with van der Waals surface area (Å²) in [6, 6.07) is 51.3. The third-order valence-corrected chi connectivity index (χ3v) is 14.3. The quantitative estimate of drug-likeness (QED) is 0.0663. The molecule has 0 aliphatic heterocycles. The molecule has 12 heteroatoms. The van der Waals surface area contributed by atoms with Crippen LogP contribution in [0, 0.1) is 0 Å². The molecule has 6 aromatic carbocycles. The summed E-state index contributed by atoms with van der Waals surface area (Å²) in [7, 11) is 9.86. The van der Waals surface area contributed by atoms with E-state index in [1.54, 1.807) is 42.7 Å². The van der Waals surface area contributed by atoms with Gasteiger partial charge in [-0.2, -0.15) is 0 Å². The van der Waals surface area contributed by atoms with Gasteiger partial charge in [-0.3, -0.25) is 4.90 Å². The summed E-state index contributed by atoms with van der Waals surface area (Å²) in [5.74, 6) is 3.29. The Kier molecular flexibility index (Phi) is 15.5. The molecule has 10 aromatic rings.